The van der Waals surface area contributed by atoms with Crippen LogP contribution < -0.4 is 10.1 Å². The quantitative estimate of drug-likeness (QED) is 0.174. The molecule has 5 atom stereocenters. The Bertz CT molecular complexity index is 1640. The first-order valence-electron chi connectivity index (χ1n) is 15.9. The van der Waals surface area contributed by atoms with E-state index in [1.54, 1.807) is 12.1 Å². The molecule has 13 nitrogen and oxygen atoms in total. The average Bonchev–Trinajstić information content (AvgIpc) is 3.69. The molecule has 2 aliphatic heterocycles. The van der Waals surface area contributed by atoms with Crippen molar-refractivity contribution in [2.75, 3.05) is 26.3 Å². The summed E-state index contributed by atoms with van der Waals surface area (Å²) < 4.78 is 51.3. The van der Waals surface area contributed by atoms with E-state index >= 15 is 0 Å². The number of benzene rings is 3. The molecule has 0 spiro atoms. The van der Waals surface area contributed by atoms with E-state index in [0.29, 0.717) is 25.4 Å². The zero-order valence-corrected chi connectivity index (χ0v) is 27.7. The van der Waals surface area contributed by atoms with Crippen LogP contribution in [0.5, 0.6) is 5.75 Å². The lowest BCUT2D eigenvalue weighted by Gasteiger charge is -2.31. The van der Waals surface area contributed by atoms with Crippen LogP contribution in [0, 0.1) is 22.0 Å². The molecule has 14 heteroatoms. The Kier molecular flexibility index (Phi) is 11.7. The van der Waals surface area contributed by atoms with E-state index in [0.717, 1.165) is 21.5 Å². The van der Waals surface area contributed by atoms with Crippen molar-refractivity contribution in [3.8, 4) is 5.75 Å². The summed E-state index contributed by atoms with van der Waals surface area (Å²) >= 11 is 0. The lowest BCUT2D eigenvalue weighted by molar-refractivity contribution is -0.385. The Morgan fingerprint density at radius 1 is 1.04 bits per heavy atom. The normalized spacial score (nSPS) is 20.3. The molecule has 0 saturated carbocycles. The number of non-ortho nitro benzene ring substituents is 1. The smallest absolute Gasteiger partial charge is 0.407 e. The lowest BCUT2D eigenvalue weighted by atomic mass is 10.0. The number of nitro benzene ring substituents is 1. The number of hydrogen-bond donors (Lipinski definition) is 2. The van der Waals surface area contributed by atoms with E-state index < -0.39 is 52.1 Å². The van der Waals surface area contributed by atoms with E-state index in [2.05, 4.69) is 5.32 Å². The maximum absolute atomic E-state index is 13.8. The highest BCUT2D eigenvalue weighted by atomic mass is 32.2. The van der Waals surface area contributed by atoms with E-state index in [1.807, 2.05) is 56.3 Å². The molecule has 48 heavy (non-hydrogen) atoms. The Labute approximate surface area is 280 Å². The average molecular weight is 684 g/mol. The number of fused-ring (bicyclic) bond motifs is 1. The van der Waals surface area contributed by atoms with Crippen LogP contribution in [0.4, 0.5) is 10.5 Å². The number of aliphatic hydroxyl groups excluding tert-OH is 1. The molecule has 0 aliphatic carbocycles. The zero-order valence-electron chi connectivity index (χ0n) is 26.8. The molecule has 2 heterocycles. The van der Waals surface area contributed by atoms with Crippen LogP contribution >= 0.6 is 0 Å². The van der Waals surface area contributed by atoms with Crippen LogP contribution in [0.3, 0.4) is 0 Å². The minimum Gasteiger partial charge on any atom is -0.489 e. The van der Waals surface area contributed by atoms with Gasteiger partial charge in [0.25, 0.3) is 5.69 Å². The minimum atomic E-state index is -4.27. The van der Waals surface area contributed by atoms with Crippen molar-refractivity contribution in [1.29, 1.82) is 0 Å². The fourth-order valence-corrected chi connectivity index (χ4v) is 7.45. The SMILES string of the molecule is CC(C)CN(CC(O)C(Cc1ccc(OCc2ccccc2)cc1)NC(=O)OC1COC2OCCC12)S(=O)(=O)c1cccc([N+](=O)[O-])c1. The van der Waals surface area contributed by atoms with Crippen molar-refractivity contribution < 1.29 is 42.2 Å². The summed E-state index contributed by atoms with van der Waals surface area (Å²) in [5, 5.41) is 25.7. The second kappa shape index (κ2) is 15.9. The number of sulfonamides is 1. The van der Waals surface area contributed by atoms with Crippen LogP contribution in [-0.2, 0) is 37.3 Å². The van der Waals surface area contributed by atoms with Gasteiger partial charge in [-0.2, -0.15) is 4.31 Å². The first-order valence-corrected chi connectivity index (χ1v) is 17.3. The molecule has 3 aromatic rings. The number of nitrogens with one attached hydrogen (secondary N) is 1. The molecular formula is C34H41N3O10S. The standard InChI is InChI=1S/C34H41N3O10S/c1-23(2)19-36(48(42,43)28-10-6-9-26(18-28)37(40)41)20-31(38)30(35-34(39)47-32-22-46-33-29(32)15-16-44-33)17-24-11-13-27(14-12-24)45-21-25-7-4-3-5-8-25/h3-14,18,23,29-33,38H,15-17,19-22H2,1-2H3,(H,35,39). The number of alkyl carbamates (subject to hydrolysis) is 1. The molecule has 0 aromatic heterocycles. The number of nitro groups is 1. The maximum Gasteiger partial charge on any atom is 0.407 e. The third-order valence-electron chi connectivity index (χ3n) is 8.26. The number of hydrogen-bond acceptors (Lipinski definition) is 10. The molecule has 258 valence electrons. The minimum absolute atomic E-state index is 0.0230. The highest BCUT2D eigenvalue weighted by Gasteiger charge is 2.44. The van der Waals surface area contributed by atoms with Gasteiger partial charge >= 0.3 is 6.09 Å². The van der Waals surface area contributed by atoms with Crippen LogP contribution in [0.2, 0.25) is 0 Å². The van der Waals surface area contributed by atoms with Gasteiger partial charge in [-0.25, -0.2) is 13.2 Å². The third-order valence-corrected chi connectivity index (χ3v) is 10.1. The molecule has 0 radical (unpaired) electrons. The van der Waals surface area contributed by atoms with Crippen LogP contribution in [0.15, 0.2) is 83.8 Å². The number of aliphatic hydroxyl groups is 1. The summed E-state index contributed by atoms with van der Waals surface area (Å²) in [5.41, 5.74) is 1.39. The van der Waals surface area contributed by atoms with Crippen molar-refractivity contribution >= 4 is 21.8 Å². The molecule has 2 fully saturated rings. The Hall–Kier alpha value is -4.08. The van der Waals surface area contributed by atoms with Gasteiger partial charge in [0.1, 0.15) is 18.5 Å². The largest absolute Gasteiger partial charge is 0.489 e. The number of carbonyl (C=O) groups excluding carboxylic acids is 1. The maximum atomic E-state index is 13.8. The number of amides is 1. The van der Waals surface area contributed by atoms with E-state index in [9.17, 15) is 28.4 Å². The molecule has 5 unspecified atom stereocenters. The van der Waals surface area contributed by atoms with Gasteiger partial charge in [-0.3, -0.25) is 10.1 Å². The van der Waals surface area contributed by atoms with E-state index in [1.165, 1.54) is 18.2 Å². The fraction of sp³-hybridized carbons (Fsp3) is 0.441. The summed E-state index contributed by atoms with van der Waals surface area (Å²) in [6.07, 6.45) is -2.29. The molecule has 3 aromatic carbocycles. The second-order valence-corrected chi connectivity index (χ2v) is 14.3. The van der Waals surface area contributed by atoms with Gasteiger partial charge in [-0.1, -0.05) is 62.4 Å². The van der Waals surface area contributed by atoms with Crippen molar-refractivity contribution in [2.24, 2.45) is 11.8 Å². The fourth-order valence-electron chi connectivity index (χ4n) is 5.79. The topological polar surface area (TPSA) is 167 Å². The van der Waals surface area contributed by atoms with Crippen molar-refractivity contribution in [3.05, 3.63) is 100 Å². The summed E-state index contributed by atoms with van der Waals surface area (Å²) in [4.78, 5) is 23.6. The first-order chi connectivity index (χ1) is 23.0. The van der Waals surface area contributed by atoms with Gasteiger partial charge in [0.05, 0.1) is 41.1 Å². The van der Waals surface area contributed by atoms with Gasteiger partial charge in [0.15, 0.2) is 6.29 Å². The van der Waals surface area contributed by atoms with E-state index in [4.69, 9.17) is 18.9 Å². The molecule has 0 bridgehead atoms. The number of rotatable bonds is 15. The summed E-state index contributed by atoms with van der Waals surface area (Å²) in [6, 6.07) is 20.7. The highest BCUT2D eigenvalue weighted by molar-refractivity contribution is 7.89. The molecule has 2 saturated heterocycles. The highest BCUT2D eigenvalue weighted by Crippen LogP contribution is 2.33. The van der Waals surface area contributed by atoms with Crippen LogP contribution in [0.1, 0.15) is 31.4 Å². The van der Waals surface area contributed by atoms with Gasteiger partial charge in [-0.15, -0.1) is 0 Å². The van der Waals surface area contributed by atoms with Gasteiger partial charge < -0.3 is 29.4 Å². The Morgan fingerprint density at radius 2 is 1.79 bits per heavy atom. The van der Waals surface area contributed by atoms with Crippen LogP contribution in [-0.4, -0.2) is 79.7 Å². The third kappa shape index (κ3) is 9.08. The first kappa shape index (κ1) is 35.2. The lowest BCUT2D eigenvalue weighted by Crippen LogP contribution is -2.51. The summed E-state index contributed by atoms with van der Waals surface area (Å²) in [7, 11) is -4.27. The summed E-state index contributed by atoms with van der Waals surface area (Å²) in [5.74, 6) is 0.395. The molecule has 5 rings (SSSR count). The van der Waals surface area contributed by atoms with Gasteiger partial charge in [-0.05, 0) is 48.1 Å². The van der Waals surface area contributed by atoms with Gasteiger partial charge in [0, 0.05) is 25.2 Å². The van der Waals surface area contributed by atoms with Crippen molar-refractivity contribution in [1.82, 2.24) is 9.62 Å². The molecule has 1 amide bonds. The van der Waals surface area contributed by atoms with Crippen LogP contribution in [0.25, 0.3) is 0 Å². The number of ether oxygens (including phenoxy) is 4. The predicted octanol–water partition coefficient (Wildman–Crippen LogP) is 4.28. The number of nitrogens with zero attached hydrogens (tertiary/aromatic N) is 2. The zero-order chi connectivity index (χ0) is 34.3. The van der Waals surface area contributed by atoms with Crippen molar-refractivity contribution in [3.63, 3.8) is 0 Å². The van der Waals surface area contributed by atoms with Gasteiger partial charge in [0.2, 0.25) is 10.0 Å². The number of carbonyl (C=O) groups is 1. The monoisotopic (exact) mass is 683 g/mol. The molecule has 2 aliphatic rings. The Balaban J connectivity index is 1.33. The van der Waals surface area contributed by atoms with Crippen molar-refractivity contribution in [2.45, 2.75) is 62.7 Å². The Morgan fingerprint density at radius 3 is 2.50 bits per heavy atom. The predicted molar refractivity (Wildman–Crippen MR) is 175 cm³/mol. The summed E-state index contributed by atoms with van der Waals surface area (Å²) in [6.45, 7) is 4.35. The second-order valence-electron chi connectivity index (χ2n) is 12.4. The van der Waals surface area contributed by atoms with E-state index in [-0.39, 0.29) is 42.0 Å². The molecule has 2 N–H and O–H groups in total. The molecular weight excluding hydrogens is 642 g/mol.